The minimum atomic E-state index is -0.359. The van der Waals surface area contributed by atoms with Crippen molar-refractivity contribution in [2.75, 3.05) is 7.11 Å². The maximum Gasteiger partial charge on any atom is 0.336 e. The maximum absolute atomic E-state index is 11.2. The third-order valence-electron chi connectivity index (χ3n) is 3.03. The average Bonchev–Trinajstić information content (AvgIpc) is 2.46. The molecule has 0 fully saturated rings. The van der Waals surface area contributed by atoms with E-state index in [0.717, 1.165) is 16.5 Å². The molecule has 94 valence electrons. The molecule has 2 aromatic carbocycles. The minimum absolute atomic E-state index is 0.359. The Morgan fingerprint density at radius 3 is 2.53 bits per heavy atom. The zero-order valence-electron chi connectivity index (χ0n) is 10.4. The van der Waals surface area contributed by atoms with Gasteiger partial charge < -0.3 is 9.15 Å². The smallest absolute Gasteiger partial charge is 0.336 e. The molecule has 0 aliphatic rings. The Labute approximate surface area is 110 Å². The van der Waals surface area contributed by atoms with Gasteiger partial charge >= 0.3 is 5.63 Å². The van der Waals surface area contributed by atoms with Crippen molar-refractivity contribution in [1.29, 1.82) is 0 Å². The highest BCUT2D eigenvalue weighted by Gasteiger charge is 2.09. The molecular weight excluding hydrogens is 240 g/mol. The molecule has 0 amide bonds. The molecule has 19 heavy (non-hydrogen) atoms. The second kappa shape index (κ2) is 4.61. The lowest BCUT2D eigenvalue weighted by atomic mass is 10.0. The Morgan fingerprint density at radius 1 is 1.00 bits per heavy atom. The van der Waals surface area contributed by atoms with Crippen LogP contribution in [0.4, 0.5) is 0 Å². The van der Waals surface area contributed by atoms with Crippen LogP contribution in [0.2, 0.25) is 0 Å². The van der Waals surface area contributed by atoms with Gasteiger partial charge in [-0.05, 0) is 17.7 Å². The van der Waals surface area contributed by atoms with Crippen LogP contribution >= 0.6 is 0 Å². The molecule has 3 nitrogen and oxygen atoms in total. The molecule has 0 saturated heterocycles. The third-order valence-corrected chi connectivity index (χ3v) is 3.03. The Hall–Kier alpha value is -2.55. The van der Waals surface area contributed by atoms with Gasteiger partial charge in [-0.2, -0.15) is 0 Å². The molecule has 0 N–H and O–H groups in total. The summed E-state index contributed by atoms with van der Waals surface area (Å²) in [4.78, 5) is 11.2. The van der Waals surface area contributed by atoms with Crippen molar-refractivity contribution < 1.29 is 9.15 Å². The number of rotatable bonds is 2. The van der Waals surface area contributed by atoms with Crippen LogP contribution in [0, 0.1) is 0 Å². The molecule has 0 spiro atoms. The summed E-state index contributed by atoms with van der Waals surface area (Å²) >= 11 is 0. The average molecular weight is 252 g/mol. The second-order valence-corrected chi connectivity index (χ2v) is 4.21. The molecule has 0 bridgehead atoms. The largest absolute Gasteiger partial charge is 0.496 e. The summed E-state index contributed by atoms with van der Waals surface area (Å²) in [5, 5.41) is 0.874. The minimum Gasteiger partial charge on any atom is -0.496 e. The zero-order chi connectivity index (χ0) is 13.2. The first kappa shape index (κ1) is 11.5. The Morgan fingerprint density at radius 2 is 1.79 bits per heavy atom. The van der Waals surface area contributed by atoms with E-state index in [4.69, 9.17) is 9.15 Å². The van der Waals surface area contributed by atoms with Gasteiger partial charge in [-0.3, -0.25) is 0 Å². The molecule has 0 radical (unpaired) electrons. The van der Waals surface area contributed by atoms with Crippen LogP contribution in [0.1, 0.15) is 0 Å². The highest BCUT2D eigenvalue weighted by Crippen LogP contribution is 2.33. The summed E-state index contributed by atoms with van der Waals surface area (Å²) in [6, 6.07) is 16.8. The lowest BCUT2D eigenvalue weighted by molar-refractivity contribution is 0.415. The van der Waals surface area contributed by atoms with Gasteiger partial charge in [-0.1, -0.05) is 30.3 Å². The molecule has 3 rings (SSSR count). The maximum atomic E-state index is 11.2. The van der Waals surface area contributed by atoms with E-state index in [1.54, 1.807) is 19.2 Å². The fourth-order valence-corrected chi connectivity index (χ4v) is 2.11. The van der Waals surface area contributed by atoms with Crippen LogP contribution in [-0.2, 0) is 0 Å². The van der Waals surface area contributed by atoms with E-state index in [1.807, 2.05) is 36.4 Å². The van der Waals surface area contributed by atoms with Crippen LogP contribution in [-0.4, -0.2) is 7.11 Å². The topological polar surface area (TPSA) is 39.4 Å². The van der Waals surface area contributed by atoms with E-state index in [0.29, 0.717) is 11.3 Å². The normalized spacial score (nSPS) is 10.6. The first-order valence-electron chi connectivity index (χ1n) is 5.95. The van der Waals surface area contributed by atoms with Crippen LogP contribution in [0.5, 0.6) is 5.75 Å². The number of hydrogen-bond donors (Lipinski definition) is 0. The molecule has 0 unspecified atom stereocenters. The molecule has 0 aliphatic carbocycles. The summed E-state index contributed by atoms with van der Waals surface area (Å²) in [5.74, 6) is 0.688. The Kier molecular flexibility index (Phi) is 2.80. The number of methoxy groups -OCH3 is 1. The summed E-state index contributed by atoms with van der Waals surface area (Å²) in [5.41, 5.74) is 2.21. The lowest BCUT2D eigenvalue weighted by Gasteiger charge is -2.09. The molecule has 0 atom stereocenters. The van der Waals surface area contributed by atoms with Gasteiger partial charge in [0.1, 0.15) is 11.3 Å². The second-order valence-electron chi connectivity index (χ2n) is 4.21. The molecule has 3 heteroatoms. The van der Waals surface area contributed by atoms with Crippen LogP contribution in [0.15, 0.2) is 63.8 Å². The predicted molar refractivity (Wildman–Crippen MR) is 74.5 cm³/mol. The summed E-state index contributed by atoms with van der Waals surface area (Å²) in [6.07, 6.45) is 0. The summed E-state index contributed by atoms with van der Waals surface area (Å²) in [6.45, 7) is 0. The lowest BCUT2D eigenvalue weighted by Crippen LogP contribution is -1.95. The fraction of sp³-hybridized carbons (Fsp3) is 0.0625. The third kappa shape index (κ3) is 2.10. The van der Waals surface area contributed by atoms with Crippen LogP contribution in [0.3, 0.4) is 0 Å². The Balaban J connectivity index is 2.30. The van der Waals surface area contributed by atoms with Gasteiger partial charge in [-0.25, -0.2) is 4.79 Å². The summed E-state index contributed by atoms with van der Waals surface area (Å²) < 4.78 is 10.5. The van der Waals surface area contributed by atoms with Gasteiger partial charge in [-0.15, -0.1) is 0 Å². The van der Waals surface area contributed by atoms with E-state index in [1.165, 1.54) is 6.07 Å². The van der Waals surface area contributed by atoms with Crippen molar-refractivity contribution in [3.8, 4) is 16.9 Å². The van der Waals surface area contributed by atoms with Gasteiger partial charge in [0, 0.05) is 23.1 Å². The SMILES string of the molecule is COc1cc2oc(=O)ccc2cc1-c1ccccc1. The van der Waals surface area contributed by atoms with Gasteiger partial charge in [0.05, 0.1) is 7.11 Å². The number of ether oxygens (including phenoxy) is 1. The highest BCUT2D eigenvalue weighted by molar-refractivity contribution is 5.87. The predicted octanol–water partition coefficient (Wildman–Crippen LogP) is 3.47. The van der Waals surface area contributed by atoms with E-state index in [-0.39, 0.29) is 5.63 Å². The number of benzene rings is 2. The van der Waals surface area contributed by atoms with Crippen LogP contribution < -0.4 is 10.4 Å². The Bertz CT molecular complexity index is 773. The number of fused-ring (bicyclic) bond motifs is 1. The van der Waals surface area contributed by atoms with Gasteiger partial charge in [0.2, 0.25) is 0 Å². The quantitative estimate of drug-likeness (QED) is 0.655. The zero-order valence-corrected chi connectivity index (χ0v) is 10.4. The standard InChI is InChI=1S/C16H12O3/c1-18-15-10-14-12(7-8-16(17)19-14)9-13(15)11-5-3-2-4-6-11/h2-10H,1H3. The molecule has 3 aromatic rings. The molecule has 1 heterocycles. The van der Waals surface area contributed by atoms with E-state index in [9.17, 15) is 4.79 Å². The van der Waals surface area contributed by atoms with E-state index >= 15 is 0 Å². The summed E-state index contributed by atoms with van der Waals surface area (Å²) in [7, 11) is 1.61. The van der Waals surface area contributed by atoms with Crippen molar-refractivity contribution in [2.45, 2.75) is 0 Å². The van der Waals surface area contributed by atoms with Crippen molar-refractivity contribution in [3.05, 3.63) is 65.0 Å². The van der Waals surface area contributed by atoms with Crippen molar-refractivity contribution in [1.82, 2.24) is 0 Å². The first-order chi connectivity index (χ1) is 9.28. The molecule has 1 aromatic heterocycles. The molecule has 0 saturated carbocycles. The van der Waals surface area contributed by atoms with Crippen LogP contribution in [0.25, 0.3) is 22.1 Å². The number of hydrogen-bond acceptors (Lipinski definition) is 3. The van der Waals surface area contributed by atoms with Crippen molar-refractivity contribution in [3.63, 3.8) is 0 Å². The van der Waals surface area contributed by atoms with Crippen molar-refractivity contribution in [2.24, 2.45) is 0 Å². The van der Waals surface area contributed by atoms with E-state index in [2.05, 4.69) is 0 Å². The highest BCUT2D eigenvalue weighted by atomic mass is 16.5. The van der Waals surface area contributed by atoms with Crippen molar-refractivity contribution >= 4 is 11.0 Å². The molecular formula is C16H12O3. The fourth-order valence-electron chi connectivity index (χ4n) is 2.11. The van der Waals surface area contributed by atoms with Gasteiger partial charge in [0.15, 0.2) is 0 Å². The van der Waals surface area contributed by atoms with E-state index < -0.39 is 0 Å². The van der Waals surface area contributed by atoms with Gasteiger partial charge in [0.25, 0.3) is 0 Å². The monoisotopic (exact) mass is 252 g/mol. The first-order valence-corrected chi connectivity index (χ1v) is 5.95. The molecule has 0 aliphatic heterocycles.